The number of hydrogen-bond donors (Lipinski definition) is 0. The van der Waals surface area contributed by atoms with E-state index in [0.717, 1.165) is 0 Å². The Hall–Kier alpha value is -2.11. The summed E-state index contributed by atoms with van der Waals surface area (Å²) < 4.78 is 14.2. The van der Waals surface area contributed by atoms with Crippen LogP contribution in [0, 0.1) is 5.41 Å². The summed E-state index contributed by atoms with van der Waals surface area (Å²) in [6, 6.07) is 0. The van der Waals surface area contributed by atoms with Gasteiger partial charge in [0.2, 0.25) is 0 Å². The minimum absolute atomic E-state index is 0.0715. The molecule has 20 heavy (non-hydrogen) atoms. The number of hydrogen-bond acceptors (Lipinski definition) is 6. The number of methoxy groups -OCH3 is 2. The van der Waals surface area contributed by atoms with Crippen LogP contribution in [0.3, 0.4) is 0 Å². The molecule has 0 heterocycles. The molecule has 6 nitrogen and oxygen atoms in total. The van der Waals surface area contributed by atoms with Crippen molar-refractivity contribution in [3.63, 3.8) is 0 Å². The van der Waals surface area contributed by atoms with Crippen molar-refractivity contribution < 1.29 is 28.6 Å². The summed E-state index contributed by atoms with van der Waals surface area (Å²) in [5, 5.41) is 0. The highest BCUT2D eigenvalue weighted by atomic mass is 16.5. The van der Waals surface area contributed by atoms with E-state index in [2.05, 4.69) is 6.58 Å². The molecule has 1 fully saturated rings. The van der Waals surface area contributed by atoms with Crippen molar-refractivity contribution in [1.29, 1.82) is 0 Å². The number of rotatable bonds is 4. The second-order valence-corrected chi connectivity index (χ2v) is 4.55. The van der Waals surface area contributed by atoms with E-state index in [1.807, 2.05) is 0 Å². The van der Waals surface area contributed by atoms with E-state index in [1.165, 1.54) is 21.1 Å². The SMILES string of the molecule is C=C1CC(C(=O)OC)(C(=O)OC)C/C1=C\COC(C)=O. The molecule has 0 saturated heterocycles. The second-order valence-electron chi connectivity index (χ2n) is 4.55. The van der Waals surface area contributed by atoms with Gasteiger partial charge in [0.1, 0.15) is 6.61 Å². The van der Waals surface area contributed by atoms with Crippen LogP contribution in [0.5, 0.6) is 0 Å². The maximum Gasteiger partial charge on any atom is 0.323 e. The fourth-order valence-corrected chi connectivity index (χ4v) is 2.23. The van der Waals surface area contributed by atoms with E-state index < -0.39 is 23.3 Å². The van der Waals surface area contributed by atoms with Crippen LogP contribution >= 0.6 is 0 Å². The Morgan fingerprint density at radius 3 is 2.20 bits per heavy atom. The van der Waals surface area contributed by atoms with Gasteiger partial charge in [0.15, 0.2) is 5.41 Å². The Balaban J connectivity index is 2.97. The molecule has 0 bridgehead atoms. The summed E-state index contributed by atoms with van der Waals surface area (Å²) in [4.78, 5) is 34.6. The average Bonchev–Trinajstić information content (AvgIpc) is 2.75. The summed E-state index contributed by atoms with van der Waals surface area (Å²) in [5.74, 6) is -1.71. The van der Waals surface area contributed by atoms with E-state index in [0.29, 0.717) is 11.1 Å². The minimum atomic E-state index is -1.39. The van der Waals surface area contributed by atoms with E-state index in [4.69, 9.17) is 14.2 Å². The predicted molar refractivity (Wildman–Crippen MR) is 69.6 cm³/mol. The molecule has 0 spiro atoms. The first-order valence-corrected chi connectivity index (χ1v) is 6.04. The molecular weight excluding hydrogens is 264 g/mol. The normalized spacial score (nSPS) is 18.8. The van der Waals surface area contributed by atoms with Crippen molar-refractivity contribution in [2.45, 2.75) is 19.8 Å². The Morgan fingerprint density at radius 2 is 1.75 bits per heavy atom. The van der Waals surface area contributed by atoms with Gasteiger partial charge in [-0.15, -0.1) is 0 Å². The summed E-state index contributed by atoms with van der Waals surface area (Å²) in [6.45, 7) is 5.21. The van der Waals surface area contributed by atoms with Gasteiger partial charge in [-0.05, 0) is 24.5 Å². The number of esters is 3. The first-order chi connectivity index (χ1) is 9.37. The van der Waals surface area contributed by atoms with Crippen LogP contribution in [0.1, 0.15) is 19.8 Å². The highest BCUT2D eigenvalue weighted by Crippen LogP contribution is 2.46. The third-order valence-electron chi connectivity index (χ3n) is 3.23. The van der Waals surface area contributed by atoms with Gasteiger partial charge < -0.3 is 14.2 Å². The van der Waals surface area contributed by atoms with Gasteiger partial charge in [-0.2, -0.15) is 0 Å². The summed E-state index contributed by atoms with van der Waals surface area (Å²) in [7, 11) is 2.44. The highest BCUT2D eigenvalue weighted by Gasteiger charge is 2.53. The van der Waals surface area contributed by atoms with Crippen LogP contribution in [0.25, 0.3) is 0 Å². The third-order valence-corrected chi connectivity index (χ3v) is 3.23. The van der Waals surface area contributed by atoms with Gasteiger partial charge in [0.05, 0.1) is 14.2 Å². The van der Waals surface area contributed by atoms with Crippen LogP contribution in [-0.4, -0.2) is 38.7 Å². The molecule has 0 amide bonds. The molecule has 1 saturated carbocycles. The lowest BCUT2D eigenvalue weighted by atomic mass is 9.86. The molecule has 1 aliphatic carbocycles. The van der Waals surface area contributed by atoms with Crippen LogP contribution in [0.2, 0.25) is 0 Å². The zero-order valence-corrected chi connectivity index (χ0v) is 11.9. The third kappa shape index (κ3) is 3.07. The van der Waals surface area contributed by atoms with Crippen molar-refractivity contribution in [2.75, 3.05) is 20.8 Å². The number of carbonyl (C=O) groups excluding carboxylic acids is 3. The smallest absolute Gasteiger partial charge is 0.323 e. The summed E-state index contributed by atoms with van der Waals surface area (Å²) in [5.41, 5.74) is -0.0576. The van der Waals surface area contributed by atoms with E-state index in [9.17, 15) is 14.4 Å². The van der Waals surface area contributed by atoms with E-state index in [-0.39, 0.29) is 19.4 Å². The van der Waals surface area contributed by atoms with E-state index >= 15 is 0 Å². The van der Waals surface area contributed by atoms with Gasteiger partial charge in [-0.25, -0.2) is 0 Å². The largest absolute Gasteiger partial charge is 0.468 e. The molecule has 0 aromatic heterocycles. The number of allylic oxidation sites excluding steroid dienone is 2. The topological polar surface area (TPSA) is 78.9 Å². The Labute approximate surface area is 117 Å². The number of carbonyl (C=O) groups is 3. The first kappa shape index (κ1) is 15.9. The van der Waals surface area contributed by atoms with Crippen molar-refractivity contribution in [1.82, 2.24) is 0 Å². The Bertz CT molecular complexity index is 458. The van der Waals surface area contributed by atoms with E-state index in [1.54, 1.807) is 6.08 Å². The zero-order chi connectivity index (χ0) is 15.3. The maximum atomic E-state index is 11.9. The van der Waals surface area contributed by atoms with Crippen molar-refractivity contribution >= 4 is 17.9 Å². The van der Waals surface area contributed by atoms with Crippen molar-refractivity contribution in [3.8, 4) is 0 Å². The van der Waals surface area contributed by atoms with Gasteiger partial charge >= 0.3 is 17.9 Å². The Morgan fingerprint density at radius 1 is 1.20 bits per heavy atom. The fourth-order valence-electron chi connectivity index (χ4n) is 2.23. The lowest BCUT2D eigenvalue weighted by molar-refractivity contribution is -0.168. The molecule has 0 N–H and O–H groups in total. The maximum absolute atomic E-state index is 11.9. The molecule has 1 aliphatic rings. The molecule has 110 valence electrons. The molecule has 0 unspecified atom stereocenters. The van der Waals surface area contributed by atoms with Gasteiger partial charge in [-0.1, -0.05) is 12.2 Å². The van der Waals surface area contributed by atoms with Gasteiger partial charge in [0, 0.05) is 6.92 Å². The fraction of sp³-hybridized carbons (Fsp3) is 0.500. The highest BCUT2D eigenvalue weighted by molar-refractivity contribution is 6.01. The average molecular weight is 282 g/mol. The molecule has 0 atom stereocenters. The molecule has 0 aromatic rings. The van der Waals surface area contributed by atoms with Crippen LogP contribution < -0.4 is 0 Å². The summed E-state index contributed by atoms with van der Waals surface area (Å²) in [6.07, 6.45) is 1.90. The second kappa shape index (κ2) is 6.36. The van der Waals surface area contributed by atoms with Crippen molar-refractivity contribution in [2.24, 2.45) is 5.41 Å². The molecule has 0 aromatic carbocycles. The number of ether oxygens (including phenoxy) is 3. The lowest BCUT2D eigenvalue weighted by Crippen LogP contribution is -2.38. The molecule has 0 aliphatic heterocycles. The monoisotopic (exact) mass is 282 g/mol. The van der Waals surface area contributed by atoms with Crippen molar-refractivity contribution in [3.05, 3.63) is 23.8 Å². The summed E-state index contributed by atoms with van der Waals surface area (Å²) >= 11 is 0. The van der Waals surface area contributed by atoms with Crippen LogP contribution in [0.4, 0.5) is 0 Å². The zero-order valence-electron chi connectivity index (χ0n) is 11.9. The van der Waals surface area contributed by atoms with Crippen LogP contribution in [-0.2, 0) is 28.6 Å². The van der Waals surface area contributed by atoms with Gasteiger partial charge in [0.25, 0.3) is 0 Å². The van der Waals surface area contributed by atoms with Gasteiger partial charge in [-0.3, -0.25) is 14.4 Å². The lowest BCUT2D eigenvalue weighted by Gasteiger charge is -2.21. The minimum Gasteiger partial charge on any atom is -0.468 e. The first-order valence-electron chi connectivity index (χ1n) is 6.04. The predicted octanol–water partition coefficient (Wildman–Crippen LogP) is 1.16. The quantitative estimate of drug-likeness (QED) is 0.437. The Kier molecular flexibility index (Phi) is 5.07. The van der Waals surface area contributed by atoms with Crippen LogP contribution in [0.15, 0.2) is 23.8 Å². The standard InChI is InChI=1S/C14H18O6/c1-9-7-14(12(16)18-3,13(17)19-4)8-11(9)5-6-20-10(2)15/h5H,1,6-8H2,2-4H3/b11-5+. The molecule has 1 rings (SSSR count). The molecular formula is C14H18O6. The molecule has 6 heteroatoms. The molecule has 0 radical (unpaired) electrons.